The number of ether oxygens (including phenoxy) is 1. The Bertz CT molecular complexity index is 545. The molecule has 0 aliphatic heterocycles. The molecule has 1 aromatic heterocycles. The van der Waals surface area contributed by atoms with Crippen LogP contribution in [-0.2, 0) is 4.79 Å². The first kappa shape index (κ1) is 11.5. The van der Waals surface area contributed by atoms with Crippen molar-refractivity contribution in [1.82, 2.24) is 4.57 Å². The van der Waals surface area contributed by atoms with Gasteiger partial charge in [0.2, 0.25) is 5.91 Å². The molecule has 2 N–H and O–H groups in total. The Hall–Kier alpha value is -1.97. The van der Waals surface area contributed by atoms with Gasteiger partial charge in [0.15, 0.2) is 0 Å². The molecule has 4 heteroatoms. The van der Waals surface area contributed by atoms with Crippen molar-refractivity contribution in [1.29, 1.82) is 0 Å². The number of fused-ring (bicyclic) bond motifs is 1. The van der Waals surface area contributed by atoms with Gasteiger partial charge in [-0.1, -0.05) is 6.92 Å². The zero-order chi connectivity index (χ0) is 12.4. The lowest BCUT2D eigenvalue weighted by atomic mass is 10.2. The van der Waals surface area contributed by atoms with Gasteiger partial charge < -0.3 is 15.0 Å². The van der Waals surface area contributed by atoms with Gasteiger partial charge in [0, 0.05) is 17.1 Å². The maximum absolute atomic E-state index is 11.4. The maximum atomic E-state index is 11.4. The Balaban J connectivity index is 2.52. The fourth-order valence-corrected chi connectivity index (χ4v) is 2.08. The standard InChI is InChI=1S/C13H16N2O2/c1-3-11(13(14)16)15-7-6-9-8-10(17-2)4-5-12(9)15/h4-8,11H,3H2,1-2H3,(H2,14,16). The van der Waals surface area contributed by atoms with Crippen molar-refractivity contribution >= 4 is 16.8 Å². The van der Waals surface area contributed by atoms with Crippen molar-refractivity contribution in [3.63, 3.8) is 0 Å². The van der Waals surface area contributed by atoms with E-state index in [1.165, 1.54) is 0 Å². The number of carbonyl (C=O) groups excluding carboxylic acids is 1. The highest BCUT2D eigenvalue weighted by molar-refractivity contribution is 5.85. The SMILES string of the molecule is CCC(C(N)=O)n1ccc2cc(OC)ccc21. The molecule has 2 aromatic rings. The smallest absolute Gasteiger partial charge is 0.240 e. The first-order valence-electron chi connectivity index (χ1n) is 5.61. The summed E-state index contributed by atoms with van der Waals surface area (Å²) in [6.07, 6.45) is 2.58. The molecule has 0 spiro atoms. The van der Waals surface area contributed by atoms with Crippen LogP contribution < -0.4 is 10.5 Å². The normalized spacial score (nSPS) is 12.6. The number of nitrogens with two attached hydrogens (primary N) is 1. The number of nitrogens with zero attached hydrogens (tertiary/aromatic N) is 1. The first-order chi connectivity index (χ1) is 8.17. The Morgan fingerprint density at radius 2 is 2.24 bits per heavy atom. The van der Waals surface area contributed by atoms with E-state index in [1.54, 1.807) is 7.11 Å². The molecule has 1 heterocycles. The molecular formula is C13H16N2O2. The maximum Gasteiger partial charge on any atom is 0.240 e. The lowest BCUT2D eigenvalue weighted by Gasteiger charge is -2.14. The van der Waals surface area contributed by atoms with Crippen LogP contribution in [0.2, 0.25) is 0 Å². The zero-order valence-corrected chi connectivity index (χ0v) is 10.0. The number of hydrogen-bond donors (Lipinski definition) is 1. The van der Waals surface area contributed by atoms with Crippen LogP contribution >= 0.6 is 0 Å². The van der Waals surface area contributed by atoms with Gasteiger partial charge in [-0.3, -0.25) is 4.79 Å². The van der Waals surface area contributed by atoms with Crippen LogP contribution in [0.15, 0.2) is 30.5 Å². The average molecular weight is 232 g/mol. The number of aromatic nitrogens is 1. The average Bonchev–Trinajstić information content (AvgIpc) is 2.73. The number of methoxy groups -OCH3 is 1. The third kappa shape index (κ3) is 1.98. The quantitative estimate of drug-likeness (QED) is 0.877. The highest BCUT2D eigenvalue weighted by atomic mass is 16.5. The van der Waals surface area contributed by atoms with Gasteiger partial charge >= 0.3 is 0 Å². The number of rotatable bonds is 4. The molecule has 0 saturated carbocycles. The molecule has 1 amide bonds. The van der Waals surface area contributed by atoms with Gasteiger partial charge in [0.05, 0.1) is 7.11 Å². The summed E-state index contributed by atoms with van der Waals surface area (Å²) < 4.78 is 7.08. The van der Waals surface area contributed by atoms with Crippen molar-refractivity contribution in [2.75, 3.05) is 7.11 Å². The topological polar surface area (TPSA) is 57.2 Å². The second kappa shape index (κ2) is 4.49. The second-order valence-electron chi connectivity index (χ2n) is 3.97. The van der Waals surface area contributed by atoms with Gasteiger partial charge in [-0.15, -0.1) is 0 Å². The zero-order valence-electron chi connectivity index (χ0n) is 10.0. The Labute approximate surface area is 100.0 Å². The fraction of sp³-hybridized carbons (Fsp3) is 0.308. The highest BCUT2D eigenvalue weighted by Gasteiger charge is 2.16. The molecule has 0 saturated heterocycles. The van der Waals surface area contributed by atoms with Crippen molar-refractivity contribution in [3.05, 3.63) is 30.5 Å². The molecule has 1 aromatic carbocycles. The lowest BCUT2D eigenvalue weighted by molar-refractivity contribution is -0.121. The molecule has 2 rings (SSSR count). The van der Waals surface area contributed by atoms with E-state index in [-0.39, 0.29) is 11.9 Å². The van der Waals surface area contributed by atoms with E-state index in [9.17, 15) is 4.79 Å². The lowest BCUT2D eigenvalue weighted by Crippen LogP contribution is -2.25. The largest absolute Gasteiger partial charge is 0.497 e. The number of carbonyl (C=O) groups is 1. The van der Waals surface area contributed by atoms with Crippen LogP contribution in [-0.4, -0.2) is 17.6 Å². The summed E-state index contributed by atoms with van der Waals surface area (Å²) in [5, 5.41) is 1.05. The van der Waals surface area contributed by atoms with E-state index in [1.807, 2.05) is 42.0 Å². The minimum Gasteiger partial charge on any atom is -0.497 e. The van der Waals surface area contributed by atoms with E-state index >= 15 is 0 Å². The summed E-state index contributed by atoms with van der Waals surface area (Å²) in [4.78, 5) is 11.4. The number of benzene rings is 1. The summed E-state index contributed by atoms with van der Waals surface area (Å²) in [6, 6.07) is 7.44. The molecule has 0 aliphatic rings. The first-order valence-corrected chi connectivity index (χ1v) is 5.61. The second-order valence-corrected chi connectivity index (χ2v) is 3.97. The van der Waals surface area contributed by atoms with Crippen LogP contribution in [0.25, 0.3) is 10.9 Å². The minimum atomic E-state index is -0.305. The fourth-order valence-electron chi connectivity index (χ4n) is 2.08. The summed E-state index contributed by atoms with van der Waals surface area (Å²) in [7, 11) is 1.64. The molecule has 1 atom stereocenters. The molecule has 0 radical (unpaired) electrons. The summed E-state index contributed by atoms with van der Waals surface area (Å²) in [6.45, 7) is 1.95. The van der Waals surface area contributed by atoms with Gasteiger partial charge in [-0.25, -0.2) is 0 Å². The molecule has 0 fully saturated rings. The summed E-state index contributed by atoms with van der Waals surface area (Å²) in [5.41, 5.74) is 6.40. The van der Waals surface area contributed by atoms with Crippen molar-refractivity contribution < 1.29 is 9.53 Å². The van der Waals surface area contributed by atoms with Crippen molar-refractivity contribution in [3.8, 4) is 5.75 Å². The van der Waals surface area contributed by atoms with Crippen molar-refractivity contribution in [2.24, 2.45) is 5.73 Å². The predicted molar refractivity (Wildman–Crippen MR) is 67.0 cm³/mol. The van der Waals surface area contributed by atoms with Gasteiger partial charge in [-0.2, -0.15) is 0 Å². The van der Waals surface area contributed by atoms with Gasteiger partial charge in [0.25, 0.3) is 0 Å². The Morgan fingerprint density at radius 1 is 1.47 bits per heavy atom. The van der Waals surface area contributed by atoms with Crippen LogP contribution in [0.1, 0.15) is 19.4 Å². The molecule has 1 unspecified atom stereocenters. The van der Waals surface area contributed by atoms with E-state index in [0.29, 0.717) is 6.42 Å². The summed E-state index contributed by atoms with van der Waals surface area (Å²) in [5.74, 6) is 0.503. The molecule has 0 bridgehead atoms. The molecule has 17 heavy (non-hydrogen) atoms. The third-order valence-electron chi connectivity index (χ3n) is 2.98. The van der Waals surface area contributed by atoms with Gasteiger partial charge in [0.1, 0.15) is 11.8 Å². The molecule has 4 nitrogen and oxygen atoms in total. The monoisotopic (exact) mass is 232 g/mol. The van der Waals surface area contributed by atoms with E-state index in [0.717, 1.165) is 16.7 Å². The number of hydrogen-bond acceptors (Lipinski definition) is 2. The van der Waals surface area contributed by atoms with E-state index < -0.39 is 0 Å². The molecular weight excluding hydrogens is 216 g/mol. The number of primary amides is 1. The molecule has 0 aliphatic carbocycles. The van der Waals surface area contributed by atoms with Gasteiger partial charge in [-0.05, 0) is 30.7 Å². The van der Waals surface area contributed by atoms with Crippen LogP contribution in [0.3, 0.4) is 0 Å². The van der Waals surface area contributed by atoms with E-state index in [2.05, 4.69) is 0 Å². The third-order valence-corrected chi connectivity index (χ3v) is 2.98. The highest BCUT2D eigenvalue weighted by Crippen LogP contribution is 2.25. The van der Waals surface area contributed by atoms with E-state index in [4.69, 9.17) is 10.5 Å². The Kier molecular flexibility index (Phi) is 3.04. The number of amides is 1. The van der Waals surface area contributed by atoms with Crippen LogP contribution in [0.5, 0.6) is 5.75 Å². The summed E-state index contributed by atoms with van der Waals surface area (Å²) >= 11 is 0. The van der Waals surface area contributed by atoms with Crippen LogP contribution in [0, 0.1) is 0 Å². The molecule has 90 valence electrons. The Morgan fingerprint density at radius 3 is 2.82 bits per heavy atom. The minimum absolute atomic E-state index is 0.291. The predicted octanol–water partition coefficient (Wildman–Crippen LogP) is 2.09. The van der Waals surface area contributed by atoms with Crippen LogP contribution in [0.4, 0.5) is 0 Å². The van der Waals surface area contributed by atoms with Crippen molar-refractivity contribution in [2.45, 2.75) is 19.4 Å².